The Kier molecular flexibility index (Phi) is 25.5. The second-order valence-corrected chi connectivity index (χ2v) is 8.33. The second-order valence-electron chi connectivity index (χ2n) is 8.33. The minimum absolute atomic E-state index is 0. The van der Waals surface area contributed by atoms with Crippen molar-refractivity contribution in [3.05, 3.63) is 0 Å². The molecule has 0 rings (SSSR count). The van der Waals surface area contributed by atoms with E-state index in [2.05, 4.69) is 13.8 Å². The van der Waals surface area contributed by atoms with Gasteiger partial charge in [-0.25, -0.2) is 0 Å². The van der Waals surface area contributed by atoms with Crippen LogP contribution in [-0.4, -0.2) is 5.91 Å². The Morgan fingerprint density at radius 2 is 0.815 bits per heavy atom. The van der Waals surface area contributed by atoms with Gasteiger partial charge in [0.05, 0.1) is 0 Å². The van der Waals surface area contributed by atoms with Gasteiger partial charge in [-0.3, -0.25) is 4.79 Å². The van der Waals surface area contributed by atoms with E-state index in [0.717, 1.165) is 12.8 Å². The number of carbonyl (C=O) groups excluding carboxylic acids is 1. The van der Waals surface area contributed by atoms with E-state index in [9.17, 15) is 4.79 Å². The maximum absolute atomic E-state index is 11.7. The molecule has 0 aliphatic carbocycles. The van der Waals surface area contributed by atoms with Crippen LogP contribution in [-0.2, 0) is 4.79 Å². The summed E-state index contributed by atoms with van der Waals surface area (Å²) in [6.07, 6.45) is 26.1. The molecular weight excluding hydrogens is 354 g/mol. The summed E-state index contributed by atoms with van der Waals surface area (Å²) in [7, 11) is 0. The molecule has 1 amide bonds. The van der Waals surface area contributed by atoms with Gasteiger partial charge in [0.2, 0.25) is 5.91 Å². The van der Waals surface area contributed by atoms with Gasteiger partial charge >= 0.3 is 0 Å². The van der Waals surface area contributed by atoms with Crippen molar-refractivity contribution in [1.29, 1.82) is 0 Å². The van der Waals surface area contributed by atoms with E-state index < -0.39 is 0 Å². The summed E-state index contributed by atoms with van der Waals surface area (Å²) >= 11 is 0. The van der Waals surface area contributed by atoms with Crippen LogP contribution in [0.5, 0.6) is 0 Å². The summed E-state index contributed by atoms with van der Waals surface area (Å²) in [6, 6.07) is 0. The number of halogens is 1. The molecule has 2 nitrogen and oxygen atoms in total. The van der Waals surface area contributed by atoms with E-state index in [1.165, 1.54) is 116 Å². The molecule has 0 saturated heterocycles. The standard InChI is InChI=1S/C24H49NO.ClH/c1-3-5-7-9-11-13-14-16-18-20-22-23(24(25)26)21-19-17-15-12-10-8-6-4-2;/h23H,3-22H2,1-2H3,(H2,25,26);1H. The molecule has 0 aromatic rings. The molecule has 0 aromatic heterocycles. The van der Waals surface area contributed by atoms with Crippen LogP contribution in [0.15, 0.2) is 0 Å². The first-order valence-electron chi connectivity index (χ1n) is 12.0. The van der Waals surface area contributed by atoms with E-state index in [0.29, 0.717) is 0 Å². The zero-order chi connectivity index (χ0) is 19.3. The summed E-state index contributed by atoms with van der Waals surface area (Å²) in [6.45, 7) is 4.53. The summed E-state index contributed by atoms with van der Waals surface area (Å²) in [5.41, 5.74) is 5.61. The maximum Gasteiger partial charge on any atom is 0.220 e. The monoisotopic (exact) mass is 403 g/mol. The average molecular weight is 404 g/mol. The fourth-order valence-electron chi connectivity index (χ4n) is 3.83. The zero-order valence-corrected chi connectivity index (χ0v) is 19.4. The molecule has 0 aliphatic heterocycles. The number of hydrogen-bond acceptors (Lipinski definition) is 1. The van der Waals surface area contributed by atoms with Crippen molar-refractivity contribution in [1.82, 2.24) is 0 Å². The van der Waals surface area contributed by atoms with Crippen molar-refractivity contribution >= 4 is 18.3 Å². The van der Waals surface area contributed by atoms with Crippen molar-refractivity contribution in [2.24, 2.45) is 11.7 Å². The highest BCUT2D eigenvalue weighted by molar-refractivity contribution is 5.85. The Morgan fingerprint density at radius 1 is 0.556 bits per heavy atom. The van der Waals surface area contributed by atoms with Gasteiger partial charge in [-0.15, -0.1) is 12.4 Å². The maximum atomic E-state index is 11.7. The Morgan fingerprint density at radius 3 is 1.07 bits per heavy atom. The number of carbonyl (C=O) groups is 1. The normalized spacial score (nSPS) is 11.9. The lowest BCUT2D eigenvalue weighted by atomic mass is 9.93. The van der Waals surface area contributed by atoms with Crippen LogP contribution >= 0.6 is 12.4 Å². The fraction of sp³-hybridized carbons (Fsp3) is 0.958. The molecule has 164 valence electrons. The van der Waals surface area contributed by atoms with Crippen LogP contribution in [0.1, 0.15) is 142 Å². The van der Waals surface area contributed by atoms with Crippen LogP contribution in [0.2, 0.25) is 0 Å². The van der Waals surface area contributed by atoms with Gasteiger partial charge in [0, 0.05) is 5.92 Å². The Balaban J connectivity index is 0. The zero-order valence-electron chi connectivity index (χ0n) is 18.6. The van der Waals surface area contributed by atoms with E-state index in [1.807, 2.05) is 0 Å². The first-order chi connectivity index (χ1) is 12.7. The quantitative estimate of drug-likeness (QED) is 0.192. The first kappa shape index (κ1) is 29.0. The lowest BCUT2D eigenvalue weighted by Gasteiger charge is -2.13. The van der Waals surface area contributed by atoms with Gasteiger partial charge in [0.1, 0.15) is 0 Å². The fourth-order valence-corrected chi connectivity index (χ4v) is 3.83. The summed E-state index contributed by atoms with van der Waals surface area (Å²) in [4.78, 5) is 11.7. The molecule has 0 saturated carbocycles. The molecule has 0 spiro atoms. The van der Waals surface area contributed by atoms with Gasteiger partial charge in [-0.1, -0.05) is 129 Å². The summed E-state index contributed by atoms with van der Waals surface area (Å²) in [5.74, 6) is 0.0630. The van der Waals surface area contributed by atoms with Crippen LogP contribution in [0.25, 0.3) is 0 Å². The predicted octanol–water partition coefficient (Wildman–Crippen LogP) is 8.35. The minimum atomic E-state index is -0.0659. The molecule has 27 heavy (non-hydrogen) atoms. The van der Waals surface area contributed by atoms with E-state index in [4.69, 9.17) is 5.73 Å². The van der Waals surface area contributed by atoms with Gasteiger partial charge in [0.15, 0.2) is 0 Å². The molecule has 1 atom stereocenters. The van der Waals surface area contributed by atoms with E-state index >= 15 is 0 Å². The SMILES string of the molecule is CCCCCCCCCCCCC(CCCCCCCCCC)C(N)=O.Cl. The number of rotatable bonds is 21. The number of hydrogen-bond donors (Lipinski definition) is 1. The molecule has 0 bridgehead atoms. The molecule has 0 radical (unpaired) electrons. The molecule has 0 aromatic carbocycles. The van der Waals surface area contributed by atoms with Crippen molar-refractivity contribution in [2.45, 2.75) is 142 Å². The van der Waals surface area contributed by atoms with Crippen LogP contribution in [0.3, 0.4) is 0 Å². The number of amides is 1. The van der Waals surface area contributed by atoms with Crippen molar-refractivity contribution < 1.29 is 4.79 Å². The molecule has 1 unspecified atom stereocenters. The molecule has 0 aliphatic rings. The third-order valence-corrected chi connectivity index (χ3v) is 5.71. The molecule has 2 N–H and O–H groups in total. The largest absolute Gasteiger partial charge is 0.369 e. The lowest BCUT2D eigenvalue weighted by molar-refractivity contribution is -0.122. The third-order valence-electron chi connectivity index (χ3n) is 5.71. The molecule has 3 heteroatoms. The topological polar surface area (TPSA) is 43.1 Å². The van der Waals surface area contributed by atoms with E-state index in [1.54, 1.807) is 0 Å². The Hall–Kier alpha value is -0.240. The molecular formula is C24H50ClNO. The van der Waals surface area contributed by atoms with Gasteiger partial charge in [-0.2, -0.15) is 0 Å². The third kappa shape index (κ3) is 21.9. The lowest BCUT2D eigenvalue weighted by Crippen LogP contribution is -2.23. The number of nitrogens with two attached hydrogens (primary N) is 1. The minimum Gasteiger partial charge on any atom is -0.369 e. The highest BCUT2D eigenvalue weighted by atomic mass is 35.5. The van der Waals surface area contributed by atoms with Crippen LogP contribution in [0, 0.1) is 5.92 Å². The number of primary amides is 1. The van der Waals surface area contributed by atoms with Crippen molar-refractivity contribution in [3.63, 3.8) is 0 Å². The van der Waals surface area contributed by atoms with Gasteiger partial charge < -0.3 is 5.73 Å². The molecule has 0 fully saturated rings. The Labute approximate surface area is 177 Å². The van der Waals surface area contributed by atoms with Crippen LogP contribution < -0.4 is 5.73 Å². The van der Waals surface area contributed by atoms with Gasteiger partial charge in [-0.05, 0) is 12.8 Å². The van der Waals surface area contributed by atoms with Crippen LogP contribution in [0.4, 0.5) is 0 Å². The van der Waals surface area contributed by atoms with E-state index in [-0.39, 0.29) is 24.2 Å². The highest BCUT2D eigenvalue weighted by Crippen LogP contribution is 2.19. The van der Waals surface area contributed by atoms with Crippen molar-refractivity contribution in [2.75, 3.05) is 0 Å². The van der Waals surface area contributed by atoms with Gasteiger partial charge in [0.25, 0.3) is 0 Å². The first-order valence-corrected chi connectivity index (χ1v) is 12.0. The average Bonchev–Trinajstić information content (AvgIpc) is 2.63. The molecule has 0 heterocycles. The smallest absolute Gasteiger partial charge is 0.220 e. The van der Waals surface area contributed by atoms with Crippen molar-refractivity contribution in [3.8, 4) is 0 Å². The Bertz CT molecular complexity index is 296. The highest BCUT2D eigenvalue weighted by Gasteiger charge is 2.14. The second kappa shape index (κ2) is 23.8. The summed E-state index contributed by atoms with van der Waals surface area (Å²) < 4.78 is 0. The predicted molar refractivity (Wildman–Crippen MR) is 124 cm³/mol. The summed E-state index contributed by atoms with van der Waals surface area (Å²) in [5, 5.41) is 0. The number of unbranched alkanes of at least 4 members (excludes halogenated alkanes) is 16.